The zero-order chi connectivity index (χ0) is 15.0. The van der Waals surface area contributed by atoms with Gasteiger partial charge in [-0.3, -0.25) is 4.79 Å². The molecule has 1 N–H and O–H groups in total. The van der Waals surface area contributed by atoms with Crippen molar-refractivity contribution in [2.45, 2.75) is 71.4 Å². The third kappa shape index (κ3) is 4.41. The van der Waals surface area contributed by atoms with Crippen LogP contribution in [0.4, 0.5) is 0 Å². The first kappa shape index (κ1) is 16.9. The van der Waals surface area contributed by atoms with Gasteiger partial charge < -0.3 is 14.2 Å². The van der Waals surface area contributed by atoms with Crippen LogP contribution in [-0.2, 0) is 13.6 Å². The number of β-lactam (4-membered cyclic amide) rings is 1. The maximum absolute atomic E-state index is 11.8. The van der Waals surface area contributed by atoms with Crippen molar-refractivity contribution in [3.05, 3.63) is 0 Å². The lowest BCUT2D eigenvalue weighted by molar-refractivity contribution is -0.151. The van der Waals surface area contributed by atoms with E-state index in [0.717, 1.165) is 0 Å². The first-order valence-corrected chi connectivity index (χ1v) is 13.5. The van der Waals surface area contributed by atoms with Gasteiger partial charge in [0.05, 0.1) is 6.10 Å². The van der Waals surface area contributed by atoms with E-state index in [9.17, 15) is 4.79 Å². The Bertz CT molecular complexity index is 339. The van der Waals surface area contributed by atoms with E-state index >= 15 is 0 Å². The first-order valence-electron chi connectivity index (χ1n) is 7.10. The summed E-state index contributed by atoms with van der Waals surface area (Å²) in [6.45, 7) is 17.2. The fraction of sp³-hybridized carbons (Fsp3) is 0.923. The predicted octanol–water partition coefficient (Wildman–Crippen LogP) is 2.93. The van der Waals surface area contributed by atoms with Crippen LogP contribution in [0.25, 0.3) is 0 Å². The van der Waals surface area contributed by atoms with E-state index in [0.29, 0.717) is 5.54 Å². The lowest BCUT2D eigenvalue weighted by Gasteiger charge is -2.44. The van der Waals surface area contributed by atoms with Crippen molar-refractivity contribution in [2.24, 2.45) is 5.92 Å². The first-order chi connectivity index (χ1) is 8.44. The maximum atomic E-state index is 11.8. The van der Waals surface area contributed by atoms with Crippen LogP contribution in [0.1, 0.15) is 20.8 Å². The fourth-order valence-corrected chi connectivity index (χ4v) is 4.34. The normalized spacial score (nSPS) is 26.1. The molecule has 0 aliphatic carbocycles. The molecule has 6 heteroatoms. The van der Waals surface area contributed by atoms with Crippen LogP contribution in [0.2, 0.25) is 38.3 Å². The summed E-state index contributed by atoms with van der Waals surface area (Å²) < 4.78 is 12.2. The minimum absolute atomic E-state index is 0.0595. The molecule has 0 aromatic carbocycles. The smallest absolute Gasteiger partial charge is 0.232 e. The molecule has 0 spiro atoms. The summed E-state index contributed by atoms with van der Waals surface area (Å²) in [6.07, 6.45) is -0.231. The summed E-state index contributed by atoms with van der Waals surface area (Å²) in [7, 11) is -3.38. The SMILES string of the molecule is CC(O[Si](C)(C)C(C)C)[C@H]1C(=O)N[C@@H]1O[Si](C)(C)C. The van der Waals surface area contributed by atoms with Gasteiger partial charge in [-0.05, 0) is 45.2 Å². The molecule has 19 heavy (non-hydrogen) atoms. The van der Waals surface area contributed by atoms with Gasteiger partial charge in [-0.1, -0.05) is 13.8 Å². The molecule has 1 amide bonds. The molecule has 0 saturated carbocycles. The Morgan fingerprint density at radius 1 is 1.11 bits per heavy atom. The van der Waals surface area contributed by atoms with Crippen molar-refractivity contribution in [2.75, 3.05) is 0 Å². The third-order valence-corrected chi connectivity index (χ3v) is 8.50. The van der Waals surface area contributed by atoms with Crippen LogP contribution >= 0.6 is 0 Å². The highest BCUT2D eigenvalue weighted by molar-refractivity contribution is 6.72. The molecule has 1 rings (SSSR count). The fourth-order valence-electron chi connectivity index (χ4n) is 2.00. The van der Waals surface area contributed by atoms with E-state index in [1.165, 1.54) is 0 Å². The highest BCUT2D eigenvalue weighted by Crippen LogP contribution is 2.30. The number of hydrogen-bond donors (Lipinski definition) is 1. The molecule has 0 radical (unpaired) electrons. The van der Waals surface area contributed by atoms with Crippen molar-refractivity contribution < 1.29 is 13.6 Å². The van der Waals surface area contributed by atoms with Crippen molar-refractivity contribution >= 4 is 22.5 Å². The van der Waals surface area contributed by atoms with Gasteiger partial charge in [-0.15, -0.1) is 0 Å². The Balaban J connectivity index is 2.65. The van der Waals surface area contributed by atoms with Gasteiger partial charge in [-0.2, -0.15) is 0 Å². The lowest BCUT2D eigenvalue weighted by atomic mass is 9.94. The van der Waals surface area contributed by atoms with Crippen LogP contribution in [0.5, 0.6) is 0 Å². The zero-order valence-corrected chi connectivity index (χ0v) is 15.5. The van der Waals surface area contributed by atoms with Crippen molar-refractivity contribution in [1.82, 2.24) is 5.32 Å². The van der Waals surface area contributed by atoms with Gasteiger partial charge in [0.25, 0.3) is 0 Å². The van der Waals surface area contributed by atoms with Gasteiger partial charge in [0.1, 0.15) is 12.1 Å². The van der Waals surface area contributed by atoms with Crippen molar-refractivity contribution in [1.29, 1.82) is 0 Å². The van der Waals surface area contributed by atoms with Gasteiger partial charge in [0.2, 0.25) is 5.91 Å². The van der Waals surface area contributed by atoms with E-state index in [2.05, 4.69) is 51.9 Å². The molecule has 1 aliphatic rings. The molecular weight excluding hydrogens is 274 g/mol. The quantitative estimate of drug-likeness (QED) is 0.606. The third-order valence-electron chi connectivity index (χ3n) is 3.78. The van der Waals surface area contributed by atoms with Crippen molar-refractivity contribution in [3.8, 4) is 0 Å². The second kappa shape index (κ2) is 5.67. The van der Waals surface area contributed by atoms with E-state index in [1.807, 2.05) is 6.92 Å². The summed E-state index contributed by atoms with van der Waals surface area (Å²) in [4.78, 5) is 11.8. The van der Waals surface area contributed by atoms with E-state index in [4.69, 9.17) is 8.85 Å². The highest BCUT2D eigenvalue weighted by Gasteiger charge is 2.47. The molecule has 4 nitrogen and oxygen atoms in total. The standard InChI is InChI=1S/C13H29NO3Si2/c1-9(2)19(7,8)16-10(3)11-12(15)14-13(11)17-18(4,5)6/h9-11,13H,1-8H3,(H,14,15)/t10?,11-,13+/m0/s1. The maximum Gasteiger partial charge on any atom is 0.232 e. The minimum Gasteiger partial charge on any atom is -0.414 e. The van der Waals surface area contributed by atoms with Crippen molar-refractivity contribution in [3.63, 3.8) is 0 Å². The van der Waals surface area contributed by atoms with Gasteiger partial charge >= 0.3 is 0 Å². The summed E-state index contributed by atoms with van der Waals surface area (Å²) >= 11 is 0. The molecule has 3 atom stereocenters. The molecule has 1 saturated heterocycles. The molecule has 112 valence electrons. The molecule has 1 heterocycles. The monoisotopic (exact) mass is 303 g/mol. The van der Waals surface area contributed by atoms with Crippen LogP contribution in [0.3, 0.4) is 0 Å². The zero-order valence-electron chi connectivity index (χ0n) is 13.5. The number of rotatable bonds is 6. The van der Waals surface area contributed by atoms with Gasteiger partial charge in [-0.25, -0.2) is 0 Å². The van der Waals surface area contributed by atoms with E-state index in [1.54, 1.807) is 0 Å². The Labute approximate surface area is 119 Å². The summed E-state index contributed by atoms with van der Waals surface area (Å²) in [6, 6.07) is 0. The molecule has 1 unspecified atom stereocenters. The Kier molecular flexibility index (Phi) is 5.04. The molecule has 0 aromatic heterocycles. The van der Waals surface area contributed by atoms with Gasteiger partial charge in [0, 0.05) is 0 Å². The number of hydrogen-bond acceptors (Lipinski definition) is 3. The molecule has 0 aromatic rings. The highest BCUT2D eigenvalue weighted by atomic mass is 28.4. The molecule has 1 fully saturated rings. The minimum atomic E-state index is -1.73. The Morgan fingerprint density at radius 2 is 1.63 bits per heavy atom. The largest absolute Gasteiger partial charge is 0.414 e. The van der Waals surface area contributed by atoms with Crippen LogP contribution < -0.4 is 5.32 Å². The summed E-state index contributed by atoms with van der Waals surface area (Å²) in [5, 5.41) is 2.85. The topological polar surface area (TPSA) is 47.6 Å². The van der Waals surface area contributed by atoms with Crippen LogP contribution in [0.15, 0.2) is 0 Å². The van der Waals surface area contributed by atoms with Gasteiger partial charge in [0.15, 0.2) is 16.6 Å². The Morgan fingerprint density at radius 3 is 2.00 bits per heavy atom. The second-order valence-corrected chi connectivity index (χ2v) is 16.3. The predicted molar refractivity (Wildman–Crippen MR) is 83.0 cm³/mol. The number of amides is 1. The molecule has 0 bridgehead atoms. The summed E-state index contributed by atoms with van der Waals surface area (Å²) in [5.41, 5.74) is 0.537. The molecule has 1 aliphatic heterocycles. The van der Waals surface area contributed by atoms with Crippen LogP contribution in [-0.4, -0.2) is 34.9 Å². The number of carbonyl (C=O) groups excluding carboxylic acids is 1. The second-order valence-electron chi connectivity index (χ2n) is 7.27. The van der Waals surface area contributed by atoms with E-state index < -0.39 is 16.6 Å². The van der Waals surface area contributed by atoms with Crippen LogP contribution in [0, 0.1) is 5.92 Å². The lowest BCUT2D eigenvalue weighted by Crippen LogP contribution is -2.66. The number of nitrogens with one attached hydrogen (secondary N) is 1. The summed E-state index contributed by atoms with van der Waals surface area (Å²) in [5.74, 6) is -0.0958. The number of carbonyl (C=O) groups is 1. The molecular formula is C13H29NO3Si2. The average molecular weight is 304 g/mol. The van der Waals surface area contributed by atoms with E-state index in [-0.39, 0.29) is 24.2 Å². The Hall–Kier alpha value is -0.176. The average Bonchev–Trinajstić information content (AvgIpc) is 2.12.